The van der Waals surface area contributed by atoms with Gasteiger partial charge in [-0.05, 0) is 12.8 Å². The lowest BCUT2D eigenvalue weighted by Gasteiger charge is -2.19. The Labute approximate surface area is 86.2 Å². The molecule has 0 radical (unpaired) electrons. The molecule has 0 aromatic rings. The van der Waals surface area contributed by atoms with Crippen molar-refractivity contribution in [3.8, 4) is 0 Å². The van der Waals surface area contributed by atoms with Crippen LogP contribution in [0.3, 0.4) is 0 Å². The highest BCUT2D eigenvalue weighted by atomic mass is 16.5. The number of rotatable bonds is 7. The van der Waals surface area contributed by atoms with Crippen molar-refractivity contribution in [3.63, 3.8) is 0 Å². The van der Waals surface area contributed by atoms with Gasteiger partial charge in [0.1, 0.15) is 0 Å². The molecule has 4 heteroatoms. The van der Waals surface area contributed by atoms with Crippen LogP contribution >= 0.6 is 0 Å². The van der Waals surface area contributed by atoms with Crippen LogP contribution in [0.15, 0.2) is 0 Å². The van der Waals surface area contributed by atoms with Gasteiger partial charge in [0.15, 0.2) is 0 Å². The number of hydrogen-bond acceptors (Lipinski definition) is 3. The summed E-state index contributed by atoms with van der Waals surface area (Å²) in [5.74, 6) is -0.0806. The van der Waals surface area contributed by atoms with E-state index < -0.39 is 6.04 Å². The number of carbonyl (C=O) groups is 1. The molecule has 0 fully saturated rings. The van der Waals surface area contributed by atoms with E-state index in [0.29, 0.717) is 13.0 Å². The van der Waals surface area contributed by atoms with Crippen LogP contribution in [0.25, 0.3) is 0 Å². The molecule has 2 unspecified atom stereocenters. The van der Waals surface area contributed by atoms with E-state index in [9.17, 15) is 4.79 Å². The molecule has 0 spiro atoms. The van der Waals surface area contributed by atoms with Crippen molar-refractivity contribution in [2.75, 3.05) is 13.7 Å². The molecule has 0 aliphatic heterocycles. The van der Waals surface area contributed by atoms with Crippen LogP contribution in [0.2, 0.25) is 0 Å². The van der Waals surface area contributed by atoms with Gasteiger partial charge >= 0.3 is 0 Å². The Morgan fingerprint density at radius 1 is 1.50 bits per heavy atom. The summed E-state index contributed by atoms with van der Waals surface area (Å²) in [5.41, 5.74) is 5.60. The summed E-state index contributed by atoms with van der Waals surface area (Å²) in [7, 11) is 1.63. The highest BCUT2D eigenvalue weighted by Gasteiger charge is 2.15. The molecule has 0 bridgehead atoms. The Balaban J connectivity index is 3.94. The Hall–Kier alpha value is -0.610. The fourth-order valence-electron chi connectivity index (χ4n) is 1.24. The van der Waals surface area contributed by atoms with E-state index >= 15 is 0 Å². The molecule has 0 aromatic heterocycles. The number of hydrogen-bond donors (Lipinski definition) is 2. The van der Waals surface area contributed by atoms with E-state index in [0.717, 1.165) is 12.8 Å². The van der Waals surface area contributed by atoms with Gasteiger partial charge in [-0.3, -0.25) is 4.79 Å². The molecule has 14 heavy (non-hydrogen) atoms. The molecule has 2 atom stereocenters. The van der Waals surface area contributed by atoms with Gasteiger partial charge in [-0.25, -0.2) is 0 Å². The summed E-state index contributed by atoms with van der Waals surface area (Å²) >= 11 is 0. The van der Waals surface area contributed by atoms with Crippen LogP contribution in [0.1, 0.15) is 33.1 Å². The summed E-state index contributed by atoms with van der Waals surface area (Å²) in [6.45, 7) is 4.53. The SMILES string of the molecule is CCCC(COC)NC(=O)C(N)CC. The number of methoxy groups -OCH3 is 1. The molecule has 0 saturated heterocycles. The number of nitrogens with two attached hydrogens (primary N) is 1. The lowest BCUT2D eigenvalue weighted by Crippen LogP contribution is -2.46. The van der Waals surface area contributed by atoms with Gasteiger partial charge < -0.3 is 15.8 Å². The van der Waals surface area contributed by atoms with Gasteiger partial charge in [-0.1, -0.05) is 20.3 Å². The summed E-state index contributed by atoms with van der Waals surface area (Å²) in [5, 5.41) is 2.88. The molecule has 0 aromatic carbocycles. The van der Waals surface area contributed by atoms with Crippen molar-refractivity contribution >= 4 is 5.91 Å². The molecule has 0 saturated carbocycles. The second-order valence-corrected chi connectivity index (χ2v) is 3.46. The van der Waals surface area contributed by atoms with Crippen LogP contribution in [0.4, 0.5) is 0 Å². The first-order chi connectivity index (χ1) is 6.65. The molecule has 0 aliphatic rings. The maximum absolute atomic E-state index is 11.4. The lowest BCUT2D eigenvalue weighted by molar-refractivity contribution is -0.123. The van der Waals surface area contributed by atoms with Crippen molar-refractivity contribution in [1.82, 2.24) is 5.32 Å². The smallest absolute Gasteiger partial charge is 0.237 e. The van der Waals surface area contributed by atoms with Crippen LogP contribution in [-0.2, 0) is 9.53 Å². The lowest BCUT2D eigenvalue weighted by atomic mass is 10.1. The van der Waals surface area contributed by atoms with Crippen LogP contribution < -0.4 is 11.1 Å². The first kappa shape index (κ1) is 13.4. The molecule has 0 aliphatic carbocycles. The normalized spacial score (nSPS) is 14.9. The standard InChI is InChI=1S/C10H22N2O2/c1-4-6-8(7-14-3)12-10(13)9(11)5-2/h8-9H,4-7,11H2,1-3H3,(H,12,13). The summed E-state index contributed by atoms with van der Waals surface area (Å²) in [6.07, 6.45) is 2.61. The van der Waals surface area contributed by atoms with E-state index in [1.54, 1.807) is 7.11 Å². The molecule has 4 nitrogen and oxygen atoms in total. The average Bonchev–Trinajstić information content (AvgIpc) is 2.17. The number of nitrogens with one attached hydrogen (secondary N) is 1. The predicted octanol–water partition coefficient (Wildman–Crippen LogP) is 0.655. The maximum Gasteiger partial charge on any atom is 0.237 e. The third-order valence-corrected chi connectivity index (χ3v) is 2.13. The number of carbonyl (C=O) groups excluding carboxylic acids is 1. The minimum absolute atomic E-state index is 0.0806. The third-order valence-electron chi connectivity index (χ3n) is 2.13. The van der Waals surface area contributed by atoms with Crippen LogP contribution in [0.5, 0.6) is 0 Å². The summed E-state index contributed by atoms with van der Waals surface area (Å²) in [6, 6.07) is -0.304. The Morgan fingerprint density at radius 2 is 2.14 bits per heavy atom. The maximum atomic E-state index is 11.4. The minimum Gasteiger partial charge on any atom is -0.383 e. The molecular weight excluding hydrogens is 180 g/mol. The zero-order chi connectivity index (χ0) is 11.0. The fraction of sp³-hybridized carbons (Fsp3) is 0.900. The van der Waals surface area contributed by atoms with E-state index in [2.05, 4.69) is 12.2 Å². The van der Waals surface area contributed by atoms with Gasteiger partial charge in [0.2, 0.25) is 5.91 Å². The summed E-state index contributed by atoms with van der Waals surface area (Å²) < 4.78 is 5.02. The van der Waals surface area contributed by atoms with Gasteiger partial charge in [0.05, 0.1) is 18.7 Å². The zero-order valence-corrected chi connectivity index (χ0v) is 9.38. The van der Waals surface area contributed by atoms with Crippen molar-refractivity contribution in [3.05, 3.63) is 0 Å². The number of ether oxygens (including phenoxy) is 1. The van der Waals surface area contributed by atoms with Crippen LogP contribution in [0, 0.1) is 0 Å². The average molecular weight is 202 g/mol. The minimum atomic E-state index is -0.397. The van der Waals surface area contributed by atoms with Gasteiger partial charge in [0, 0.05) is 7.11 Å². The van der Waals surface area contributed by atoms with Crippen molar-refractivity contribution in [2.24, 2.45) is 5.73 Å². The van der Waals surface area contributed by atoms with Gasteiger partial charge in [0.25, 0.3) is 0 Å². The quantitative estimate of drug-likeness (QED) is 0.637. The molecule has 1 amide bonds. The highest BCUT2D eigenvalue weighted by molar-refractivity contribution is 5.81. The zero-order valence-electron chi connectivity index (χ0n) is 9.38. The van der Waals surface area contributed by atoms with Gasteiger partial charge in [-0.15, -0.1) is 0 Å². The fourth-order valence-corrected chi connectivity index (χ4v) is 1.24. The van der Waals surface area contributed by atoms with Crippen LogP contribution in [-0.4, -0.2) is 31.7 Å². The Kier molecular flexibility index (Phi) is 7.42. The molecule has 3 N–H and O–H groups in total. The second-order valence-electron chi connectivity index (χ2n) is 3.46. The van der Waals surface area contributed by atoms with E-state index in [4.69, 9.17) is 10.5 Å². The summed E-state index contributed by atoms with van der Waals surface area (Å²) in [4.78, 5) is 11.4. The van der Waals surface area contributed by atoms with Crippen molar-refractivity contribution < 1.29 is 9.53 Å². The van der Waals surface area contributed by atoms with E-state index in [-0.39, 0.29) is 11.9 Å². The second kappa shape index (κ2) is 7.76. The molecular formula is C10H22N2O2. The molecule has 0 rings (SSSR count). The topological polar surface area (TPSA) is 64.3 Å². The Morgan fingerprint density at radius 3 is 2.57 bits per heavy atom. The Bertz CT molecular complexity index is 156. The third kappa shape index (κ3) is 5.19. The molecule has 0 heterocycles. The largest absolute Gasteiger partial charge is 0.383 e. The van der Waals surface area contributed by atoms with Crippen molar-refractivity contribution in [1.29, 1.82) is 0 Å². The first-order valence-corrected chi connectivity index (χ1v) is 5.20. The van der Waals surface area contributed by atoms with Crippen molar-refractivity contribution in [2.45, 2.75) is 45.2 Å². The van der Waals surface area contributed by atoms with Gasteiger partial charge in [-0.2, -0.15) is 0 Å². The van der Waals surface area contributed by atoms with E-state index in [1.165, 1.54) is 0 Å². The number of amides is 1. The highest BCUT2D eigenvalue weighted by Crippen LogP contribution is 1.98. The molecule has 84 valence electrons. The van der Waals surface area contributed by atoms with E-state index in [1.807, 2.05) is 6.92 Å². The first-order valence-electron chi connectivity index (χ1n) is 5.20. The monoisotopic (exact) mass is 202 g/mol. The predicted molar refractivity (Wildman–Crippen MR) is 57.0 cm³/mol.